The zero-order valence-corrected chi connectivity index (χ0v) is 17.0. The van der Waals surface area contributed by atoms with Crippen LogP contribution in [0.2, 0.25) is 0 Å². The first-order valence-corrected chi connectivity index (χ1v) is 9.48. The first kappa shape index (κ1) is 19.3. The van der Waals surface area contributed by atoms with Crippen molar-refractivity contribution in [2.45, 2.75) is 38.8 Å². The summed E-state index contributed by atoms with van der Waals surface area (Å²) in [6.45, 7) is 6.74. The highest BCUT2D eigenvalue weighted by atomic mass is 32.1. The van der Waals surface area contributed by atoms with E-state index in [0.717, 1.165) is 34.9 Å². The van der Waals surface area contributed by atoms with Crippen molar-refractivity contribution >= 4 is 23.0 Å². The second kappa shape index (κ2) is 8.05. The van der Waals surface area contributed by atoms with Gasteiger partial charge in [0.25, 0.3) is 0 Å². The molecule has 3 rings (SSSR count). The van der Waals surface area contributed by atoms with Crippen molar-refractivity contribution in [2.75, 3.05) is 19.0 Å². The molecule has 0 aromatic heterocycles. The number of methoxy groups -OCH3 is 1. The first-order chi connectivity index (χ1) is 12.9. The molecule has 0 amide bonds. The van der Waals surface area contributed by atoms with Gasteiger partial charge >= 0.3 is 0 Å². The number of hydrogen-bond donors (Lipinski definition) is 2. The Kier molecular flexibility index (Phi) is 5.75. The monoisotopic (exact) mass is 386 g/mol. The van der Waals surface area contributed by atoms with E-state index in [2.05, 4.69) is 24.5 Å². The van der Waals surface area contributed by atoms with Gasteiger partial charge in [-0.2, -0.15) is 0 Å². The quantitative estimate of drug-likeness (QED) is 0.728. The Bertz CT molecular complexity index is 823. The fourth-order valence-corrected chi connectivity index (χ4v) is 3.50. The van der Waals surface area contributed by atoms with Crippen molar-refractivity contribution < 1.29 is 14.2 Å². The van der Waals surface area contributed by atoms with Crippen LogP contribution < -0.4 is 24.8 Å². The second-order valence-corrected chi connectivity index (χ2v) is 7.49. The van der Waals surface area contributed by atoms with Gasteiger partial charge in [0.2, 0.25) is 0 Å². The van der Waals surface area contributed by atoms with Crippen molar-refractivity contribution in [3.05, 3.63) is 48.0 Å². The van der Waals surface area contributed by atoms with Crippen LogP contribution in [0.25, 0.3) is 0 Å². The van der Waals surface area contributed by atoms with Crippen LogP contribution in [-0.4, -0.2) is 24.4 Å². The molecule has 0 radical (unpaired) electrons. The number of ether oxygens (including phenoxy) is 3. The number of fused-ring (bicyclic) bond motifs is 1. The molecule has 2 aromatic rings. The maximum atomic E-state index is 6.13. The third kappa shape index (κ3) is 4.83. The van der Waals surface area contributed by atoms with Crippen LogP contribution >= 0.6 is 12.2 Å². The molecule has 0 aliphatic carbocycles. The summed E-state index contributed by atoms with van der Waals surface area (Å²) in [6.07, 6.45) is 0.799. The predicted octanol–water partition coefficient (Wildman–Crippen LogP) is 4.68. The Morgan fingerprint density at radius 2 is 2.04 bits per heavy atom. The molecule has 6 heteroatoms. The van der Waals surface area contributed by atoms with Crippen LogP contribution in [0.4, 0.5) is 5.69 Å². The molecule has 0 saturated carbocycles. The lowest BCUT2D eigenvalue weighted by Gasteiger charge is -2.38. The standard InChI is InChI=1S/C21H26N2O3S/c1-5-25-16-8-6-7-14(11-16)22-20(27)23-18-13-21(2,3)26-19-12-15(24-4)9-10-17(18)19/h6-12,18H,5,13H2,1-4H3,(H2,22,23,27)/t18-/m1/s1. The third-order valence-corrected chi connectivity index (χ3v) is 4.61. The molecule has 5 nitrogen and oxygen atoms in total. The molecular weight excluding hydrogens is 360 g/mol. The van der Waals surface area contributed by atoms with E-state index >= 15 is 0 Å². The van der Waals surface area contributed by atoms with Crippen LogP contribution in [0.5, 0.6) is 17.2 Å². The fraction of sp³-hybridized carbons (Fsp3) is 0.381. The Balaban J connectivity index is 1.75. The van der Waals surface area contributed by atoms with Crippen LogP contribution in [0.15, 0.2) is 42.5 Å². The summed E-state index contributed by atoms with van der Waals surface area (Å²) in [5.74, 6) is 2.41. The maximum Gasteiger partial charge on any atom is 0.171 e. The van der Waals surface area contributed by atoms with Gasteiger partial charge in [0, 0.05) is 29.8 Å². The van der Waals surface area contributed by atoms with E-state index in [1.165, 1.54) is 0 Å². The minimum Gasteiger partial charge on any atom is -0.497 e. The topological polar surface area (TPSA) is 51.8 Å². The van der Waals surface area contributed by atoms with Crippen LogP contribution in [-0.2, 0) is 0 Å². The number of nitrogens with one attached hydrogen (secondary N) is 2. The molecule has 1 atom stereocenters. The molecule has 2 N–H and O–H groups in total. The molecule has 0 bridgehead atoms. The second-order valence-electron chi connectivity index (χ2n) is 7.08. The van der Waals surface area contributed by atoms with Crippen LogP contribution in [0.1, 0.15) is 38.8 Å². The Morgan fingerprint density at radius 3 is 2.78 bits per heavy atom. The molecule has 0 spiro atoms. The van der Waals surface area contributed by atoms with Gasteiger partial charge in [0.1, 0.15) is 22.8 Å². The highest BCUT2D eigenvalue weighted by Gasteiger charge is 2.34. The molecule has 1 aliphatic heterocycles. The van der Waals surface area contributed by atoms with Crippen molar-refractivity contribution in [1.29, 1.82) is 0 Å². The lowest BCUT2D eigenvalue weighted by Crippen LogP contribution is -2.42. The smallest absolute Gasteiger partial charge is 0.171 e. The van der Waals surface area contributed by atoms with E-state index in [0.29, 0.717) is 11.7 Å². The molecule has 2 aromatic carbocycles. The fourth-order valence-electron chi connectivity index (χ4n) is 3.24. The summed E-state index contributed by atoms with van der Waals surface area (Å²) >= 11 is 5.55. The number of thiocarbonyl (C=S) groups is 1. The van der Waals surface area contributed by atoms with Gasteiger partial charge in [-0.1, -0.05) is 6.07 Å². The molecule has 0 unspecified atom stereocenters. The van der Waals surface area contributed by atoms with Crippen molar-refractivity contribution in [3.8, 4) is 17.2 Å². The number of hydrogen-bond acceptors (Lipinski definition) is 4. The first-order valence-electron chi connectivity index (χ1n) is 9.07. The van der Waals surface area contributed by atoms with E-state index in [-0.39, 0.29) is 11.6 Å². The van der Waals surface area contributed by atoms with Gasteiger partial charge < -0.3 is 24.8 Å². The van der Waals surface area contributed by atoms with Gasteiger partial charge in [-0.25, -0.2) is 0 Å². The zero-order chi connectivity index (χ0) is 19.4. The molecule has 0 saturated heterocycles. The summed E-state index contributed by atoms with van der Waals surface area (Å²) < 4.78 is 17.0. The maximum absolute atomic E-state index is 6.13. The number of rotatable bonds is 5. The van der Waals surface area contributed by atoms with E-state index in [1.807, 2.05) is 49.4 Å². The molecule has 0 fully saturated rings. The summed E-state index contributed by atoms with van der Waals surface area (Å²) in [5.41, 5.74) is 1.66. The Labute approximate surface area is 166 Å². The molecule has 1 aliphatic rings. The minimum absolute atomic E-state index is 0.0460. The summed E-state index contributed by atoms with van der Waals surface area (Å²) in [4.78, 5) is 0. The Morgan fingerprint density at radius 1 is 1.22 bits per heavy atom. The molecule has 144 valence electrons. The van der Waals surface area contributed by atoms with Gasteiger partial charge in [0.15, 0.2) is 5.11 Å². The molecular formula is C21H26N2O3S. The van der Waals surface area contributed by atoms with Crippen LogP contribution in [0.3, 0.4) is 0 Å². The van der Waals surface area contributed by atoms with E-state index in [4.69, 9.17) is 26.4 Å². The predicted molar refractivity (Wildman–Crippen MR) is 112 cm³/mol. The largest absolute Gasteiger partial charge is 0.497 e. The van der Waals surface area contributed by atoms with Gasteiger partial charge in [0.05, 0.1) is 19.8 Å². The number of anilines is 1. The normalized spacial score (nSPS) is 17.3. The van der Waals surface area contributed by atoms with E-state index < -0.39 is 0 Å². The van der Waals surface area contributed by atoms with E-state index in [1.54, 1.807) is 7.11 Å². The summed E-state index contributed by atoms with van der Waals surface area (Å²) in [6, 6.07) is 13.7. The van der Waals surface area contributed by atoms with Gasteiger partial charge in [-0.05, 0) is 57.3 Å². The molecule has 1 heterocycles. The average molecular weight is 387 g/mol. The average Bonchev–Trinajstić information content (AvgIpc) is 2.60. The zero-order valence-electron chi connectivity index (χ0n) is 16.2. The lowest BCUT2D eigenvalue weighted by atomic mass is 9.89. The van der Waals surface area contributed by atoms with Crippen molar-refractivity contribution in [3.63, 3.8) is 0 Å². The van der Waals surface area contributed by atoms with Gasteiger partial charge in [-0.15, -0.1) is 0 Å². The van der Waals surface area contributed by atoms with E-state index in [9.17, 15) is 0 Å². The summed E-state index contributed by atoms with van der Waals surface area (Å²) in [7, 11) is 1.65. The third-order valence-electron chi connectivity index (χ3n) is 4.39. The highest BCUT2D eigenvalue weighted by molar-refractivity contribution is 7.80. The SMILES string of the molecule is CCOc1cccc(NC(=S)N[C@@H]2CC(C)(C)Oc3cc(OC)ccc32)c1. The highest BCUT2D eigenvalue weighted by Crippen LogP contribution is 2.41. The van der Waals surface area contributed by atoms with Crippen molar-refractivity contribution in [1.82, 2.24) is 5.32 Å². The Hall–Kier alpha value is -2.47. The molecule has 27 heavy (non-hydrogen) atoms. The van der Waals surface area contributed by atoms with Gasteiger partial charge in [-0.3, -0.25) is 0 Å². The minimum atomic E-state index is -0.304. The van der Waals surface area contributed by atoms with Crippen LogP contribution in [0, 0.1) is 0 Å². The number of benzene rings is 2. The lowest BCUT2D eigenvalue weighted by molar-refractivity contribution is 0.0693. The van der Waals surface area contributed by atoms with Crippen molar-refractivity contribution in [2.24, 2.45) is 0 Å². The summed E-state index contributed by atoms with van der Waals surface area (Å²) in [5, 5.41) is 7.23.